The molecule has 0 fully saturated rings. The average molecular weight is 197 g/mol. The third-order valence-electron chi connectivity index (χ3n) is 2.28. The molecule has 1 aliphatic carbocycles. The Kier molecular flexibility index (Phi) is 2.33. The number of hydrogen-bond donors (Lipinski definition) is 2. The molecule has 1 unspecified atom stereocenters. The largest absolute Gasteiger partial charge is 0.366 e. The van der Waals surface area contributed by atoms with Crippen molar-refractivity contribution in [3.63, 3.8) is 0 Å². The molecule has 1 heterocycles. The van der Waals surface area contributed by atoms with Crippen LogP contribution in [0.4, 0.5) is 0 Å². The first-order chi connectivity index (χ1) is 6.29. The van der Waals surface area contributed by atoms with Crippen molar-refractivity contribution in [3.05, 3.63) is 24.0 Å². The lowest BCUT2D eigenvalue weighted by atomic mass is 10.1. The van der Waals surface area contributed by atoms with Crippen molar-refractivity contribution in [2.75, 3.05) is 0 Å². The van der Waals surface area contributed by atoms with E-state index in [0.29, 0.717) is 4.90 Å². The average Bonchev–Trinajstić information content (AvgIpc) is 2.74. The van der Waals surface area contributed by atoms with E-state index >= 15 is 0 Å². The number of aromatic amines is 1. The molecular weight excluding hydrogens is 186 g/mol. The van der Waals surface area contributed by atoms with Crippen molar-refractivity contribution < 1.29 is 8.76 Å². The normalized spacial score (nSPS) is 18.7. The Hall–Kier alpha value is -0.870. The highest BCUT2D eigenvalue weighted by Crippen LogP contribution is 2.30. The third-order valence-corrected chi connectivity index (χ3v) is 3.00. The van der Waals surface area contributed by atoms with Crippen LogP contribution in [0.5, 0.6) is 0 Å². The Balaban J connectivity index is 2.39. The quantitative estimate of drug-likeness (QED) is 0.714. The highest BCUT2D eigenvalue weighted by molar-refractivity contribution is 7.79. The summed E-state index contributed by atoms with van der Waals surface area (Å²) in [5.74, 6) is 0. The minimum absolute atomic E-state index is 0.494. The molecule has 0 aliphatic heterocycles. The SMILES string of the molecule is O=S(O)c1c[nH]cc1C1=CCCC1. The molecule has 0 saturated carbocycles. The summed E-state index contributed by atoms with van der Waals surface area (Å²) < 4.78 is 19.9. The first-order valence-corrected chi connectivity index (χ1v) is 5.37. The molecule has 0 aromatic carbocycles. The molecule has 2 rings (SSSR count). The number of nitrogens with one attached hydrogen (secondary N) is 1. The second kappa shape index (κ2) is 3.47. The number of rotatable bonds is 2. The van der Waals surface area contributed by atoms with Gasteiger partial charge in [-0.1, -0.05) is 6.08 Å². The number of hydrogen-bond acceptors (Lipinski definition) is 1. The van der Waals surface area contributed by atoms with Crippen LogP contribution >= 0.6 is 0 Å². The second-order valence-corrected chi connectivity index (χ2v) is 4.04. The fraction of sp³-hybridized carbons (Fsp3) is 0.333. The van der Waals surface area contributed by atoms with Gasteiger partial charge in [-0.05, 0) is 24.8 Å². The van der Waals surface area contributed by atoms with E-state index in [1.807, 2.05) is 0 Å². The topological polar surface area (TPSA) is 53.1 Å². The van der Waals surface area contributed by atoms with E-state index in [4.69, 9.17) is 4.55 Å². The minimum Gasteiger partial charge on any atom is -0.366 e. The molecule has 0 saturated heterocycles. The maximum atomic E-state index is 10.9. The lowest BCUT2D eigenvalue weighted by Gasteiger charge is -1.99. The molecule has 3 nitrogen and oxygen atoms in total. The van der Waals surface area contributed by atoms with Gasteiger partial charge in [-0.15, -0.1) is 0 Å². The lowest BCUT2D eigenvalue weighted by Crippen LogP contribution is -1.90. The van der Waals surface area contributed by atoms with Crippen LogP contribution in [0.3, 0.4) is 0 Å². The van der Waals surface area contributed by atoms with Crippen LogP contribution in [0, 0.1) is 0 Å². The van der Waals surface area contributed by atoms with Crippen LogP contribution in [0.15, 0.2) is 23.4 Å². The first-order valence-electron chi connectivity index (χ1n) is 4.26. The van der Waals surface area contributed by atoms with Crippen molar-refractivity contribution in [1.29, 1.82) is 0 Å². The second-order valence-electron chi connectivity index (χ2n) is 3.10. The zero-order chi connectivity index (χ0) is 9.26. The van der Waals surface area contributed by atoms with E-state index in [2.05, 4.69) is 11.1 Å². The summed E-state index contributed by atoms with van der Waals surface area (Å²) in [6.07, 6.45) is 8.77. The van der Waals surface area contributed by atoms with E-state index < -0.39 is 11.1 Å². The first kappa shape index (κ1) is 8.72. The Morgan fingerprint density at radius 3 is 2.92 bits per heavy atom. The van der Waals surface area contributed by atoms with Gasteiger partial charge in [-0.25, -0.2) is 4.21 Å². The molecule has 1 aromatic heterocycles. The van der Waals surface area contributed by atoms with Crippen molar-refractivity contribution in [2.45, 2.75) is 24.2 Å². The zero-order valence-corrected chi connectivity index (χ0v) is 7.93. The van der Waals surface area contributed by atoms with Gasteiger partial charge in [-0.3, -0.25) is 0 Å². The van der Waals surface area contributed by atoms with E-state index in [1.165, 1.54) is 5.57 Å². The van der Waals surface area contributed by atoms with Gasteiger partial charge >= 0.3 is 0 Å². The van der Waals surface area contributed by atoms with Gasteiger partial charge in [0, 0.05) is 18.0 Å². The summed E-state index contributed by atoms with van der Waals surface area (Å²) in [5.41, 5.74) is 2.09. The van der Waals surface area contributed by atoms with Crippen molar-refractivity contribution >= 4 is 16.7 Å². The number of aromatic nitrogens is 1. The molecule has 4 heteroatoms. The zero-order valence-electron chi connectivity index (χ0n) is 7.12. The Morgan fingerprint density at radius 2 is 2.31 bits per heavy atom. The van der Waals surface area contributed by atoms with Crippen molar-refractivity contribution in [3.8, 4) is 0 Å². The lowest BCUT2D eigenvalue weighted by molar-refractivity contribution is 0.564. The smallest absolute Gasteiger partial charge is 0.188 e. The maximum absolute atomic E-state index is 10.9. The Labute approximate surface area is 79.1 Å². The molecule has 1 atom stereocenters. The Bertz CT molecular complexity index is 367. The predicted octanol–water partition coefficient (Wildman–Crippen LogP) is 2.16. The summed E-state index contributed by atoms with van der Waals surface area (Å²) in [5, 5.41) is 0. The van der Waals surface area contributed by atoms with Crippen LogP contribution in [0.25, 0.3) is 5.57 Å². The highest BCUT2D eigenvalue weighted by Gasteiger charge is 2.14. The molecular formula is C9H11NO2S. The Morgan fingerprint density at radius 1 is 1.46 bits per heavy atom. The standard InChI is InChI=1S/C9H11NO2S/c11-13(12)9-6-10-5-8(9)7-3-1-2-4-7/h3,5-6,10H,1-2,4H2,(H,11,12). The van der Waals surface area contributed by atoms with Crippen LogP contribution in [-0.2, 0) is 11.1 Å². The number of H-pyrrole nitrogens is 1. The van der Waals surface area contributed by atoms with E-state index in [9.17, 15) is 4.21 Å². The van der Waals surface area contributed by atoms with Gasteiger partial charge in [0.25, 0.3) is 0 Å². The monoisotopic (exact) mass is 197 g/mol. The molecule has 0 spiro atoms. The van der Waals surface area contributed by atoms with Crippen molar-refractivity contribution in [2.24, 2.45) is 0 Å². The van der Waals surface area contributed by atoms with Gasteiger partial charge < -0.3 is 9.54 Å². The summed E-state index contributed by atoms with van der Waals surface area (Å²) in [6, 6.07) is 0. The molecule has 1 aromatic rings. The number of allylic oxidation sites excluding steroid dienone is 2. The van der Waals surface area contributed by atoms with E-state index in [-0.39, 0.29) is 0 Å². The van der Waals surface area contributed by atoms with Gasteiger partial charge in [-0.2, -0.15) is 0 Å². The summed E-state index contributed by atoms with van der Waals surface area (Å²) in [4.78, 5) is 3.36. The van der Waals surface area contributed by atoms with E-state index in [0.717, 1.165) is 24.8 Å². The third kappa shape index (κ3) is 1.59. The molecule has 1 aliphatic rings. The van der Waals surface area contributed by atoms with Crippen molar-refractivity contribution in [1.82, 2.24) is 4.98 Å². The molecule has 70 valence electrons. The van der Waals surface area contributed by atoms with Crippen LogP contribution in [-0.4, -0.2) is 13.7 Å². The molecule has 0 radical (unpaired) electrons. The van der Waals surface area contributed by atoms with Crippen LogP contribution in [0.2, 0.25) is 0 Å². The summed E-state index contributed by atoms with van der Waals surface area (Å²) >= 11 is -1.88. The minimum atomic E-state index is -1.88. The highest BCUT2D eigenvalue weighted by atomic mass is 32.2. The fourth-order valence-corrected chi connectivity index (χ4v) is 2.21. The molecule has 0 amide bonds. The predicted molar refractivity (Wildman–Crippen MR) is 51.7 cm³/mol. The summed E-state index contributed by atoms with van der Waals surface area (Å²) in [7, 11) is 0. The van der Waals surface area contributed by atoms with Crippen LogP contribution < -0.4 is 0 Å². The molecule has 2 N–H and O–H groups in total. The fourth-order valence-electron chi connectivity index (χ4n) is 1.66. The van der Waals surface area contributed by atoms with Gasteiger partial charge in [0.05, 0.1) is 4.90 Å². The maximum Gasteiger partial charge on any atom is 0.188 e. The van der Waals surface area contributed by atoms with Gasteiger partial charge in [0.15, 0.2) is 11.1 Å². The van der Waals surface area contributed by atoms with Gasteiger partial charge in [0.2, 0.25) is 0 Å². The van der Waals surface area contributed by atoms with E-state index in [1.54, 1.807) is 12.4 Å². The van der Waals surface area contributed by atoms with Gasteiger partial charge in [0.1, 0.15) is 0 Å². The van der Waals surface area contributed by atoms with Crippen LogP contribution in [0.1, 0.15) is 24.8 Å². The summed E-state index contributed by atoms with van der Waals surface area (Å²) in [6.45, 7) is 0. The molecule has 0 bridgehead atoms. The molecule has 13 heavy (non-hydrogen) atoms.